The number of rotatable bonds is 4. The molecule has 3 heterocycles. The second-order valence-electron chi connectivity index (χ2n) is 5.61. The first kappa shape index (κ1) is 14.7. The lowest BCUT2D eigenvalue weighted by Crippen LogP contribution is -2.31. The molecule has 1 saturated heterocycles. The number of aromatic amines is 1. The molecule has 2 atom stereocenters. The van der Waals surface area contributed by atoms with E-state index in [0.717, 1.165) is 17.4 Å². The van der Waals surface area contributed by atoms with Gasteiger partial charge in [0.25, 0.3) is 0 Å². The molecule has 0 spiro atoms. The Morgan fingerprint density at radius 2 is 2.30 bits per heavy atom. The van der Waals surface area contributed by atoms with Crippen LogP contribution in [0.5, 0.6) is 0 Å². The number of benzene rings is 1. The summed E-state index contributed by atoms with van der Waals surface area (Å²) in [5.74, 6) is 0.300. The standard InChI is InChI=1S/C16H16ClN3O3/c1-2-12-8-21-16(23-12,7-15-18-9-19-20-15)14-6-10-5-11(17)3-4-13(10)22-14/h3-6,9,12H,2,7-8H2,1H3,(H,18,19,20)/t12-,16+/m1/s1. The molecule has 2 aromatic heterocycles. The summed E-state index contributed by atoms with van der Waals surface area (Å²) in [6.07, 6.45) is 2.75. The lowest BCUT2D eigenvalue weighted by atomic mass is 10.1. The quantitative estimate of drug-likeness (QED) is 0.792. The Morgan fingerprint density at radius 3 is 3.04 bits per heavy atom. The molecule has 1 aliphatic rings. The van der Waals surface area contributed by atoms with E-state index in [9.17, 15) is 0 Å². The molecular formula is C16H16ClN3O3. The number of fused-ring (bicyclic) bond motifs is 1. The molecule has 23 heavy (non-hydrogen) atoms. The average Bonchev–Trinajstić information content (AvgIpc) is 3.26. The van der Waals surface area contributed by atoms with Crippen LogP contribution in [0, 0.1) is 0 Å². The van der Waals surface area contributed by atoms with Gasteiger partial charge in [0.15, 0.2) is 5.76 Å². The highest BCUT2D eigenvalue weighted by Crippen LogP contribution is 2.40. The first-order valence-corrected chi connectivity index (χ1v) is 7.92. The van der Waals surface area contributed by atoms with E-state index >= 15 is 0 Å². The molecule has 0 unspecified atom stereocenters. The summed E-state index contributed by atoms with van der Waals surface area (Å²) in [6, 6.07) is 7.41. The summed E-state index contributed by atoms with van der Waals surface area (Å²) in [5, 5.41) is 8.31. The molecule has 0 aliphatic carbocycles. The number of halogens is 1. The molecule has 1 aromatic carbocycles. The first-order chi connectivity index (χ1) is 11.2. The lowest BCUT2D eigenvalue weighted by molar-refractivity contribution is -0.188. The van der Waals surface area contributed by atoms with Crippen LogP contribution in [0.2, 0.25) is 5.02 Å². The third-order valence-electron chi connectivity index (χ3n) is 4.03. The zero-order chi connectivity index (χ0) is 15.9. The van der Waals surface area contributed by atoms with Crippen LogP contribution >= 0.6 is 11.6 Å². The van der Waals surface area contributed by atoms with E-state index in [1.54, 1.807) is 6.07 Å². The predicted molar refractivity (Wildman–Crippen MR) is 84.1 cm³/mol. The Hall–Kier alpha value is -1.89. The van der Waals surface area contributed by atoms with Crippen LogP contribution in [-0.4, -0.2) is 27.9 Å². The SMILES string of the molecule is CC[C@@H]1CO[C@](Cc2ncn[nH]2)(c2cc3cc(Cl)ccc3o2)O1. The summed E-state index contributed by atoms with van der Waals surface area (Å²) >= 11 is 6.06. The van der Waals surface area contributed by atoms with Crippen LogP contribution in [0.15, 0.2) is 35.0 Å². The number of nitrogens with zero attached hydrogens (tertiary/aromatic N) is 2. The van der Waals surface area contributed by atoms with Crippen molar-refractivity contribution in [2.24, 2.45) is 0 Å². The molecule has 1 N–H and O–H groups in total. The molecule has 120 valence electrons. The van der Waals surface area contributed by atoms with Crippen LogP contribution in [0.4, 0.5) is 0 Å². The molecule has 0 saturated carbocycles. The van der Waals surface area contributed by atoms with Gasteiger partial charge in [0.05, 0.1) is 19.1 Å². The zero-order valence-electron chi connectivity index (χ0n) is 12.6. The monoisotopic (exact) mass is 333 g/mol. The number of hydrogen-bond donors (Lipinski definition) is 1. The van der Waals surface area contributed by atoms with Crippen molar-refractivity contribution in [3.8, 4) is 0 Å². The van der Waals surface area contributed by atoms with Crippen LogP contribution in [0.3, 0.4) is 0 Å². The Balaban J connectivity index is 1.77. The Bertz CT molecular complexity index is 817. The molecule has 1 fully saturated rings. The third-order valence-corrected chi connectivity index (χ3v) is 4.27. The van der Waals surface area contributed by atoms with Gasteiger partial charge in [-0.25, -0.2) is 4.98 Å². The molecule has 0 radical (unpaired) electrons. The summed E-state index contributed by atoms with van der Waals surface area (Å²) < 4.78 is 18.2. The summed E-state index contributed by atoms with van der Waals surface area (Å²) in [4.78, 5) is 4.18. The number of nitrogens with one attached hydrogen (secondary N) is 1. The number of aromatic nitrogens is 3. The van der Waals surface area contributed by atoms with E-state index in [1.807, 2.05) is 18.2 Å². The smallest absolute Gasteiger partial charge is 0.236 e. The molecule has 0 bridgehead atoms. The van der Waals surface area contributed by atoms with Gasteiger partial charge in [0.1, 0.15) is 17.7 Å². The van der Waals surface area contributed by atoms with E-state index in [1.165, 1.54) is 6.33 Å². The van der Waals surface area contributed by atoms with Crippen LogP contribution < -0.4 is 0 Å². The molecular weight excluding hydrogens is 318 g/mol. The van der Waals surface area contributed by atoms with Gasteiger partial charge in [0.2, 0.25) is 5.79 Å². The molecule has 3 aromatic rings. The Kier molecular flexibility index (Phi) is 3.60. The minimum absolute atomic E-state index is 0.0229. The van der Waals surface area contributed by atoms with Crippen molar-refractivity contribution in [1.82, 2.24) is 15.2 Å². The van der Waals surface area contributed by atoms with Gasteiger partial charge in [-0.2, -0.15) is 5.10 Å². The topological polar surface area (TPSA) is 73.2 Å². The van der Waals surface area contributed by atoms with E-state index in [-0.39, 0.29) is 6.10 Å². The maximum atomic E-state index is 6.18. The van der Waals surface area contributed by atoms with Gasteiger partial charge < -0.3 is 13.9 Å². The Labute approximate surface area is 137 Å². The lowest BCUT2D eigenvalue weighted by Gasteiger charge is -2.24. The highest BCUT2D eigenvalue weighted by molar-refractivity contribution is 6.31. The number of ether oxygens (including phenoxy) is 2. The van der Waals surface area contributed by atoms with E-state index in [4.69, 9.17) is 25.5 Å². The van der Waals surface area contributed by atoms with Gasteiger partial charge in [-0.3, -0.25) is 5.10 Å². The average molecular weight is 334 g/mol. The van der Waals surface area contributed by atoms with Crippen LogP contribution in [-0.2, 0) is 21.7 Å². The van der Waals surface area contributed by atoms with Crippen LogP contribution in [0.25, 0.3) is 11.0 Å². The van der Waals surface area contributed by atoms with Crippen molar-refractivity contribution in [2.45, 2.75) is 31.7 Å². The van der Waals surface area contributed by atoms with E-state index < -0.39 is 5.79 Å². The molecule has 0 amide bonds. The minimum atomic E-state index is -0.994. The number of hydrogen-bond acceptors (Lipinski definition) is 5. The molecule has 4 rings (SSSR count). The second-order valence-corrected chi connectivity index (χ2v) is 6.05. The fraction of sp³-hybridized carbons (Fsp3) is 0.375. The largest absolute Gasteiger partial charge is 0.455 e. The van der Waals surface area contributed by atoms with Crippen molar-refractivity contribution >= 4 is 22.6 Å². The van der Waals surface area contributed by atoms with E-state index in [0.29, 0.717) is 29.6 Å². The van der Waals surface area contributed by atoms with Crippen molar-refractivity contribution in [3.05, 3.63) is 47.2 Å². The van der Waals surface area contributed by atoms with Crippen molar-refractivity contribution in [3.63, 3.8) is 0 Å². The van der Waals surface area contributed by atoms with Crippen molar-refractivity contribution in [1.29, 1.82) is 0 Å². The fourth-order valence-corrected chi connectivity index (χ4v) is 2.99. The first-order valence-electron chi connectivity index (χ1n) is 7.54. The zero-order valence-corrected chi connectivity index (χ0v) is 13.3. The molecule has 6 nitrogen and oxygen atoms in total. The van der Waals surface area contributed by atoms with Crippen molar-refractivity contribution in [2.75, 3.05) is 6.61 Å². The molecule has 7 heteroatoms. The Morgan fingerprint density at radius 1 is 1.39 bits per heavy atom. The second kappa shape index (κ2) is 5.63. The van der Waals surface area contributed by atoms with Gasteiger partial charge in [-0.15, -0.1) is 0 Å². The molecule has 1 aliphatic heterocycles. The minimum Gasteiger partial charge on any atom is -0.455 e. The van der Waals surface area contributed by atoms with Gasteiger partial charge in [0, 0.05) is 10.4 Å². The van der Waals surface area contributed by atoms with Gasteiger partial charge in [-0.1, -0.05) is 18.5 Å². The maximum Gasteiger partial charge on any atom is 0.236 e. The van der Waals surface area contributed by atoms with Gasteiger partial charge >= 0.3 is 0 Å². The van der Waals surface area contributed by atoms with E-state index in [2.05, 4.69) is 22.1 Å². The fourth-order valence-electron chi connectivity index (χ4n) is 2.81. The van der Waals surface area contributed by atoms with Gasteiger partial charge in [-0.05, 0) is 30.7 Å². The predicted octanol–water partition coefficient (Wildman–Crippen LogP) is 3.43. The highest BCUT2D eigenvalue weighted by atomic mass is 35.5. The normalized spacial score (nSPS) is 24.5. The van der Waals surface area contributed by atoms with Crippen molar-refractivity contribution < 1.29 is 13.9 Å². The number of H-pyrrole nitrogens is 1. The van der Waals surface area contributed by atoms with Crippen LogP contribution in [0.1, 0.15) is 24.9 Å². The summed E-state index contributed by atoms with van der Waals surface area (Å²) in [6.45, 7) is 2.58. The summed E-state index contributed by atoms with van der Waals surface area (Å²) in [7, 11) is 0. The maximum absolute atomic E-state index is 6.18. The highest BCUT2D eigenvalue weighted by Gasteiger charge is 2.46. The third kappa shape index (κ3) is 2.63. The summed E-state index contributed by atoms with van der Waals surface area (Å²) in [5.41, 5.74) is 0.744. The number of furan rings is 1.